The minimum atomic E-state index is 0.699. The number of hydrogen-bond acceptors (Lipinski definition) is 3. The zero-order valence-corrected chi connectivity index (χ0v) is 16.4. The second-order valence-electron chi connectivity index (χ2n) is 10.3. The topological polar surface area (TPSA) is 9.72 Å². The lowest BCUT2D eigenvalue weighted by atomic mass is 9.57. The van der Waals surface area contributed by atoms with Gasteiger partial charge in [-0.05, 0) is 82.2 Å². The van der Waals surface area contributed by atoms with Gasteiger partial charge >= 0.3 is 0 Å². The van der Waals surface area contributed by atoms with E-state index in [4.69, 9.17) is 0 Å². The smallest absolute Gasteiger partial charge is 0.0113 e. The summed E-state index contributed by atoms with van der Waals surface area (Å²) >= 11 is 0. The van der Waals surface area contributed by atoms with E-state index < -0.39 is 0 Å². The summed E-state index contributed by atoms with van der Waals surface area (Å²) in [4.78, 5) is 8.16. The van der Waals surface area contributed by atoms with Gasteiger partial charge in [0, 0.05) is 45.3 Å². The Balaban J connectivity index is 1.15. The molecule has 24 heavy (non-hydrogen) atoms. The van der Waals surface area contributed by atoms with Gasteiger partial charge in [0.2, 0.25) is 0 Å². The van der Waals surface area contributed by atoms with Gasteiger partial charge in [0.15, 0.2) is 0 Å². The number of hydrogen-bond donors (Lipinski definition) is 0. The Hall–Kier alpha value is -0.120. The maximum Gasteiger partial charge on any atom is 0.0113 e. The molecule has 0 aromatic rings. The first-order valence-corrected chi connectivity index (χ1v) is 10.6. The molecule has 0 N–H and O–H groups in total. The highest BCUT2D eigenvalue weighted by Crippen LogP contribution is 2.53. The van der Waals surface area contributed by atoms with Gasteiger partial charge in [0.1, 0.15) is 0 Å². The molecule has 2 aliphatic heterocycles. The first kappa shape index (κ1) is 17.3. The van der Waals surface area contributed by atoms with Crippen LogP contribution in [0.1, 0.15) is 59.3 Å². The van der Waals surface area contributed by atoms with Gasteiger partial charge in [-0.3, -0.25) is 4.90 Å². The fourth-order valence-corrected chi connectivity index (χ4v) is 5.63. The molecular formula is C21H39N3. The lowest BCUT2D eigenvalue weighted by molar-refractivity contribution is -0.0343. The Labute approximate surface area is 149 Å². The fraction of sp³-hybridized carbons (Fsp3) is 1.00. The van der Waals surface area contributed by atoms with E-state index in [0.29, 0.717) is 5.41 Å². The molecule has 0 aromatic carbocycles. The molecule has 2 aliphatic carbocycles. The standard InChI is InChI=1S/C21H39N3/c1-18(2)24-12-10-22(11-13-24)16-19-14-21(15-19)6-8-23(9-7-21)17-20(3)4-5-20/h18-19H,4-17H2,1-3H3. The van der Waals surface area contributed by atoms with E-state index in [-0.39, 0.29) is 0 Å². The van der Waals surface area contributed by atoms with Crippen molar-refractivity contribution < 1.29 is 0 Å². The van der Waals surface area contributed by atoms with Gasteiger partial charge in [-0.25, -0.2) is 0 Å². The maximum atomic E-state index is 2.77. The number of piperidine rings is 1. The first-order chi connectivity index (χ1) is 11.5. The third kappa shape index (κ3) is 3.83. The minimum Gasteiger partial charge on any atom is -0.303 e. The molecule has 3 nitrogen and oxygen atoms in total. The van der Waals surface area contributed by atoms with Crippen LogP contribution in [0.2, 0.25) is 0 Å². The number of likely N-dealkylation sites (tertiary alicyclic amines) is 1. The third-order valence-corrected chi connectivity index (χ3v) is 7.72. The summed E-state index contributed by atoms with van der Waals surface area (Å²) in [6.07, 6.45) is 8.98. The molecule has 0 unspecified atom stereocenters. The van der Waals surface area contributed by atoms with E-state index >= 15 is 0 Å². The summed E-state index contributed by atoms with van der Waals surface area (Å²) in [5.41, 5.74) is 1.45. The predicted octanol–water partition coefficient (Wildman–Crippen LogP) is 3.30. The van der Waals surface area contributed by atoms with Crippen molar-refractivity contribution in [2.45, 2.75) is 65.3 Å². The Morgan fingerprint density at radius 3 is 2.00 bits per heavy atom. The average molecular weight is 334 g/mol. The summed E-state index contributed by atoms with van der Waals surface area (Å²) in [6.45, 7) is 17.8. The van der Waals surface area contributed by atoms with Crippen molar-refractivity contribution in [2.75, 3.05) is 52.4 Å². The van der Waals surface area contributed by atoms with Crippen molar-refractivity contribution in [3.05, 3.63) is 0 Å². The largest absolute Gasteiger partial charge is 0.303 e. The number of piperazine rings is 1. The molecule has 2 saturated heterocycles. The van der Waals surface area contributed by atoms with Crippen molar-refractivity contribution in [1.82, 2.24) is 14.7 Å². The maximum absolute atomic E-state index is 2.77. The van der Waals surface area contributed by atoms with Crippen molar-refractivity contribution in [3.63, 3.8) is 0 Å². The Morgan fingerprint density at radius 1 is 0.833 bits per heavy atom. The van der Waals surface area contributed by atoms with E-state index in [0.717, 1.165) is 17.4 Å². The van der Waals surface area contributed by atoms with E-state index in [1.807, 2.05) is 0 Å². The zero-order valence-electron chi connectivity index (χ0n) is 16.4. The molecule has 4 rings (SSSR count). The minimum absolute atomic E-state index is 0.699. The second-order valence-corrected chi connectivity index (χ2v) is 10.3. The van der Waals surface area contributed by atoms with E-state index in [1.165, 1.54) is 90.9 Å². The van der Waals surface area contributed by atoms with Crippen LogP contribution in [0.3, 0.4) is 0 Å². The van der Waals surface area contributed by atoms with Crippen LogP contribution in [0.4, 0.5) is 0 Å². The van der Waals surface area contributed by atoms with E-state index in [1.54, 1.807) is 0 Å². The molecule has 3 heteroatoms. The molecule has 0 atom stereocenters. The van der Waals surface area contributed by atoms with E-state index in [2.05, 4.69) is 35.5 Å². The molecule has 4 fully saturated rings. The summed E-state index contributed by atoms with van der Waals surface area (Å²) in [6, 6.07) is 0.724. The second kappa shape index (κ2) is 6.55. The van der Waals surface area contributed by atoms with Crippen molar-refractivity contribution in [2.24, 2.45) is 16.7 Å². The summed E-state index contributed by atoms with van der Waals surface area (Å²) < 4.78 is 0. The average Bonchev–Trinajstić information content (AvgIpc) is 3.25. The summed E-state index contributed by atoms with van der Waals surface area (Å²) in [5, 5.41) is 0. The van der Waals surface area contributed by atoms with Gasteiger partial charge in [-0.1, -0.05) is 6.92 Å². The highest BCUT2D eigenvalue weighted by molar-refractivity contribution is 5.00. The van der Waals surface area contributed by atoms with Gasteiger partial charge in [-0.2, -0.15) is 0 Å². The van der Waals surface area contributed by atoms with Crippen molar-refractivity contribution >= 4 is 0 Å². The summed E-state index contributed by atoms with van der Waals surface area (Å²) in [7, 11) is 0. The molecule has 138 valence electrons. The van der Waals surface area contributed by atoms with Crippen LogP contribution in [0.25, 0.3) is 0 Å². The highest BCUT2D eigenvalue weighted by Gasteiger charge is 2.47. The number of nitrogens with zero attached hydrogens (tertiary/aromatic N) is 3. The Bertz CT molecular complexity index is 418. The molecule has 0 aromatic heterocycles. The highest BCUT2D eigenvalue weighted by atomic mass is 15.3. The fourth-order valence-electron chi connectivity index (χ4n) is 5.63. The van der Waals surface area contributed by atoms with Crippen LogP contribution < -0.4 is 0 Å². The van der Waals surface area contributed by atoms with Crippen LogP contribution >= 0.6 is 0 Å². The molecule has 1 spiro atoms. The predicted molar refractivity (Wildman–Crippen MR) is 101 cm³/mol. The molecular weight excluding hydrogens is 294 g/mol. The van der Waals surface area contributed by atoms with Crippen LogP contribution in [0.15, 0.2) is 0 Å². The molecule has 0 bridgehead atoms. The van der Waals surface area contributed by atoms with Crippen LogP contribution in [0, 0.1) is 16.7 Å². The van der Waals surface area contributed by atoms with Crippen molar-refractivity contribution in [1.29, 1.82) is 0 Å². The number of rotatable bonds is 5. The molecule has 2 saturated carbocycles. The lowest BCUT2D eigenvalue weighted by Crippen LogP contribution is -2.53. The SMILES string of the molecule is CC(C)N1CCN(CC2CC3(CCN(CC4(C)CC4)CC3)C2)CC1. The monoisotopic (exact) mass is 333 g/mol. The van der Waals surface area contributed by atoms with Gasteiger partial charge in [0.25, 0.3) is 0 Å². The quantitative estimate of drug-likeness (QED) is 0.764. The molecule has 4 aliphatic rings. The molecule has 0 amide bonds. The Morgan fingerprint density at radius 2 is 1.46 bits per heavy atom. The third-order valence-electron chi connectivity index (χ3n) is 7.72. The normalized spacial score (nSPS) is 31.5. The zero-order chi connectivity index (χ0) is 16.8. The van der Waals surface area contributed by atoms with Gasteiger partial charge in [0.05, 0.1) is 0 Å². The van der Waals surface area contributed by atoms with Gasteiger partial charge in [-0.15, -0.1) is 0 Å². The van der Waals surface area contributed by atoms with Crippen molar-refractivity contribution in [3.8, 4) is 0 Å². The molecule has 2 heterocycles. The lowest BCUT2D eigenvalue weighted by Gasteiger charge is -2.54. The summed E-state index contributed by atoms with van der Waals surface area (Å²) in [5.74, 6) is 1.00. The molecule has 0 radical (unpaired) electrons. The van der Waals surface area contributed by atoms with Crippen LogP contribution in [0.5, 0.6) is 0 Å². The first-order valence-electron chi connectivity index (χ1n) is 10.6. The Kier molecular flexibility index (Phi) is 4.73. The van der Waals surface area contributed by atoms with Gasteiger partial charge < -0.3 is 9.80 Å². The van der Waals surface area contributed by atoms with Crippen LogP contribution in [-0.2, 0) is 0 Å². The van der Waals surface area contributed by atoms with E-state index in [9.17, 15) is 0 Å². The van der Waals surface area contributed by atoms with Crippen LogP contribution in [-0.4, -0.2) is 73.1 Å².